The quantitative estimate of drug-likeness (QED) is 0.662. The Balaban J connectivity index is 2.39. The van der Waals surface area contributed by atoms with E-state index in [2.05, 4.69) is 19.1 Å². The first-order valence-corrected chi connectivity index (χ1v) is 6.31. The number of halogens is 1. The monoisotopic (exact) mass is 273 g/mol. The molecule has 0 aliphatic heterocycles. The largest absolute Gasteiger partial charge is 0.384 e. The molecule has 98 valence electrons. The molecule has 0 aromatic heterocycles. The Morgan fingerprint density at radius 1 is 1.21 bits per heavy atom. The Bertz CT molecular complexity index is 623. The first kappa shape index (κ1) is 13.4. The summed E-state index contributed by atoms with van der Waals surface area (Å²) in [6.07, 6.45) is 0. The van der Waals surface area contributed by atoms with Gasteiger partial charge in [0.15, 0.2) is 0 Å². The van der Waals surface area contributed by atoms with Crippen molar-refractivity contribution in [2.75, 3.05) is 11.9 Å². The van der Waals surface area contributed by atoms with Gasteiger partial charge in [-0.25, -0.2) is 0 Å². The molecule has 0 atom stereocenters. The number of nitrogens with one attached hydrogen (secondary N) is 1. The number of nitrogens with zero attached hydrogens (tertiary/aromatic N) is 1. The molecule has 0 spiro atoms. The van der Waals surface area contributed by atoms with E-state index in [9.17, 15) is 0 Å². The summed E-state index contributed by atoms with van der Waals surface area (Å²) in [5.74, 6) is 0.0201. The fourth-order valence-electron chi connectivity index (χ4n) is 1.92. The van der Waals surface area contributed by atoms with Crippen LogP contribution in [-0.4, -0.2) is 12.9 Å². The first-order chi connectivity index (χ1) is 8.99. The lowest BCUT2D eigenvalue weighted by molar-refractivity contribution is 1.20. The van der Waals surface area contributed by atoms with Gasteiger partial charge < -0.3 is 10.6 Å². The molecule has 19 heavy (non-hydrogen) atoms. The van der Waals surface area contributed by atoms with Crippen LogP contribution in [0.25, 0.3) is 0 Å². The van der Waals surface area contributed by atoms with Crippen LogP contribution in [0.2, 0.25) is 5.02 Å². The zero-order valence-electron chi connectivity index (χ0n) is 10.9. The van der Waals surface area contributed by atoms with E-state index in [4.69, 9.17) is 22.7 Å². The third-order valence-corrected chi connectivity index (χ3v) is 3.31. The molecule has 0 saturated carbocycles. The highest BCUT2D eigenvalue weighted by Gasteiger charge is 2.09. The molecule has 0 aliphatic carbocycles. The Kier molecular flexibility index (Phi) is 3.76. The van der Waals surface area contributed by atoms with Crippen LogP contribution in [0.15, 0.2) is 42.5 Å². The van der Waals surface area contributed by atoms with Crippen LogP contribution < -0.4 is 10.6 Å². The van der Waals surface area contributed by atoms with Gasteiger partial charge in [-0.3, -0.25) is 5.41 Å². The van der Waals surface area contributed by atoms with Crippen LogP contribution in [0, 0.1) is 12.3 Å². The Labute approximate surface area is 118 Å². The number of nitrogen functional groups attached to an aromatic ring is 1. The molecule has 0 aliphatic rings. The molecule has 0 unspecified atom stereocenters. The van der Waals surface area contributed by atoms with Gasteiger partial charge in [-0.15, -0.1) is 0 Å². The number of benzene rings is 2. The zero-order chi connectivity index (χ0) is 14.0. The van der Waals surface area contributed by atoms with Crippen LogP contribution in [0.3, 0.4) is 0 Å². The summed E-state index contributed by atoms with van der Waals surface area (Å²) in [5, 5.41) is 7.99. The van der Waals surface area contributed by atoms with Crippen molar-refractivity contribution in [3.63, 3.8) is 0 Å². The van der Waals surface area contributed by atoms with E-state index in [1.165, 1.54) is 5.56 Å². The number of rotatable bonds is 3. The number of hydrogen-bond acceptors (Lipinski definition) is 2. The minimum atomic E-state index is 0.0201. The van der Waals surface area contributed by atoms with Crippen LogP contribution in [0.4, 0.5) is 11.4 Å². The Hall–Kier alpha value is -2.00. The van der Waals surface area contributed by atoms with Crippen molar-refractivity contribution in [2.45, 2.75) is 6.92 Å². The number of aryl methyl sites for hydroxylation is 1. The van der Waals surface area contributed by atoms with Gasteiger partial charge in [-0.1, -0.05) is 23.7 Å². The van der Waals surface area contributed by atoms with Gasteiger partial charge in [0.25, 0.3) is 0 Å². The van der Waals surface area contributed by atoms with Crippen LogP contribution in [0.5, 0.6) is 0 Å². The lowest BCUT2D eigenvalue weighted by atomic mass is 10.1. The van der Waals surface area contributed by atoms with Gasteiger partial charge in [-0.2, -0.15) is 0 Å². The first-order valence-electron chi connectivity index (χ1n) is 5.93. The molecule has 0 amide bonds. The van der Waals surface area contributed by atoms with Crippen LogP contribution in [-0.2, 0) is 0 Å². The number of amidine groups is 1. The average Bonchev–Trinajstić information content (AvgIpc) is 2.37. The summed E-state index contributed by atoms with van der Waals surface area (Å²) in [6, 6.07) is 13.6. The maximum Gasteiger partial charge on any atom is 0.122 e. The number of anilines is 2. The smallest absolute Gasteiger partial charge is 0.122 e. The summed E-state index contributed by atoms with van der Waals surface area (Å²) in [5.41, 5.74) is 9.23. The second kappa shape index (κ2) is 5.33. The Morgan fingerprint density at radius 3 is 2.53 bits per heavy atom. The molecule has 0 bridgehead atoms. The summed E-state index contributed by atoms with van der Waals surface area (Å²) < 4.78 is 0. The van der Waals surface area contributed by atoms with Crippen molar-refractivity contribution >= 4 is 28.8 Å². The SMILES string of the molecule is Cc1cccc(N(C)c2ccc(C(=N)N)cc2Cl)c1. The van der Waals surface area contributed by atoms with Gasteiger partial charge in [0.2, 0.25) is 0 Å². The molecule has 2 rings (SSSR count). The molecule has 3 nitrogen and oxygen atoms in total. The fraction of sp³-hybridized carbons (Fsp3) is 0.133. The highest BCUT2D eigenvalue weighted by atomic mass is 35.5. The highest BCUT2D eigenvalue weighted by molar-refractivity contribution is 6.33. The van der Waals surface area contributed by atoms with E-state index >= 15 is 0 Å². The molecule has 2 aromatic rings. The summed E-state index contributed by atoms with van der Waals surface area (Å²) in [4.78, 5) is 2.01. The van der Waals surface area contributed by atoms with E-state index in [0.717, 1.165) is 11.4 Å². The molecular weight excluding hydrogens is 258 g/mol. The molecule has 4 heteroatoms. The van der Waals surface area contributed by atoms with Crippen LogP contribution >= 0.6 is 11.6 Å². The van der Waals surface area contributed by atoms with E-state index in [1.807, 2.05) is 30.1 Å². The van der Waals surface area contributed by atoms with Crippen molar-refractivity contribution in [3.8, 4) is 0 Å². The highest BCUT2D eigenvalue weighted by Crippen LogP contribution is 2.31. The van der Waals surface area contributed by atoms with Gasteiger partial charge >= 0.3 is 0 Å². The molecule has 2 aromatic carbocycles. The van der Waals surface area contributed by atoms with Crippen molar-refractivity contribution in [2.24, 2.45) is 5.73 Å². The molecule has 0 heterocycles. The minimum Gasteiger partial charge on any atom is -0.384 e. The molecule has 0 saturated heterocycles. The lowest BCUT2D eigenvalue weighted by Gasteiger charge is -2.21. The van der Waals surface area contributed by atoms with Crippen molar-refractivity contribution < 1.29 is 0 Å². The van der Waals surface area contributed by atoms with Crippen molar-refractivity contribution in [1.29, 1.82) is 5.41 Å². The third kappa shape index (κ3) is 2.88. The zero-order valence-corrected chi connectivity index (χ0v) is 11.7. The van der Waals surface area contributed by atoms with Gasteiger partial charge in [0, 0.05) is 18.3 Å². The van der Waals surface area contributed by atoms with E-state index in [-0.39, 0.29) is 5.84 Å². The van der Waals surface area contributed by atoms with E-state index < -0.39 is 0 Å². The molecular formula is C15H16ClN3. The third-order valence-electron chi connectivity index (χ3n) is 3.01. The maximum atomic E-state index is 7.41. The normalized spacial score (nSPS) is 10.3. The molecule has 0 radical (unpaired) electrons. The second-order valence-corrected chi connectivity index (χ2v) is 4.89. The lowest BCUT2D eigenvalue weighted by Crippen LogP contribution is -2.13. The standard InChI is InChI=1S/C15H16ClN3/c1-10-4-3-5-12(8-10)19(2)14-7-6-11(15(17)18)9-13(14)16/h3-9H,1-2H3,(H3,17,18). The average molecular weight is 274 g/mol. The van der Waals surface area contributed by atoms with E-state index in [0.29, 0.717) is 10.6 Å². The Morgan fingerprint density at radius 2 is 1.95 bits per heavy atom. The van der Waals surface area contributed by atoms with Crippen molar-refractivity contribution in [3.05, 3.63) is 58.6 Å². The summed E-state index contributed by atoms with van der Waals surface area (Å²) in [7, 11) is 1.96. The van der Waals surface area contributed by atoms with Gasteiger partial charge in [0.1, 0.15) is 5.84 Å². The van der Waals surface area contributed by atoms with Gasteiger partial charge in [0.05, 0.1) is 10.7 Å². The summed E-state index contributed by atoms with van der Waals surface area (Å²) >= 11 is 6.26. The fourth-order valence-corrected chi connectivity index (χ4v) is 2.23. The van der Waals surface area contributed by atoms with Crippen LogP contribution in [0.1, 0.15) is 11.1 Å². The summed E-state index contributed by atoms with van der Waals surface area (Å²) in [6.45, 7) is 2.05. The van der Waals surface area contributed by atoms with Gasteiger partial charge in [-0.05, 0) is 42.8 Å². The number of nitrogens with two attached hydrogens (primary N) is 1. The number of hydrogen-bond donors (Lipinski definition) is 2. The second-order valence-electron chi connectivity index (χ2n) is 4.48. The van der Waals surface area contributed by atoms with E-state index in [1.54, 1.807) is 12.1 Å². The predicted molar refractivity (Wildman–Crippen MR) is 81.7 cm³/mol. The maximum absolute atomic E-state index is 7.41. The molecule has 0 fully saturated rings. The minimum absolute atomic E-state index is 0.0201. The molecule has 3 N–H and O–H groups in total. The van der Waals surface area contributed by atoms with Crippen molar-refractivity contribution in [1.82, 2.24) is 0 Å². The topological polar surface area (TPSA) is 53.1 Å². The predicted octanol–water partition coefficient (Wildman–Crippen LogP) is 3.70.